The van der Waals surface area contributed by atoms with Crippen molar-refractivity contribution in [3.05, 3.63) is 83.6 Å². The van der Waals surface area contributed by atoms with Crippen LogP contribution in [0.15, 0.2) is 81.8 Å². The monoisotopic (exact) mass is 472 g/mol. The van der Waals surface area contributed by atoms with Crippen molar-refractivity contribution in [2.75, 3.05) is 4.90 Å². The molecule has 5 rings (SSSR count). The molecule has 8 heteroatoms. The van der Waals surface area contributed by atoms with E-state index in [0.29, 0.717) is 22.5 Å². The fraction of sp³-hybridized carbons (Fsp3) is 0.120. The van der Waals surface area contributed by atoms with Crippen molar-refractivity contribution in [3.8, 4) is 11.6 Å². The number of thioether (sulfide) groups is 1. The number of aryl methyl sites for hydroxylation is 1. The van der Waals surface area contributed by atoms with Crippen LogP contribution >= 0.6 is 23.1 Å². The van der Waals surface area contributed by atoms with Gasteiger partial charge in [0.25, 0.3) is 0 Å². The fourth-order valence-corrected chi connectivity index (χ4v) is 5.38. The van der Waals surface area contributed by atoms with Crippen LogP contribution < -0.4 is 4.90 Å². The number of nitrogens with zero attached hydrogens (tertiary/aromatic N) is 4. The highest BCUT2D eigenvalue weighted by Crippen LogP contribution is 2.34. The summed E-state index contributed by atoms with van der Waals surface area (Å²) in [6.07, 6.45) is 1.62. The number of hydrogen-bond acceptors (Lipinski definition) is 7. The van der Waals surface area contributed by atoms with Crippen molar-refractivity contribution in [3.63, 3.8) is 0 Å². The minimum Gasteiger partial charge on any atom is -0.461 e. The predicted molar refractivity (Wildman–Crippen MR) is 133 cm³/mol. The summed E-state index contributed by atoms with van der Waals surface area (Å²) in [5.41, 5.74) is 3.67. The van der Waals surface area contributed by atoms with Crippen molar-refractivity contribution in [1.29, 1.82) is 0 Å². The Bertz CT molecular complexity index is 1430. The molecule has 5 aromatic rings. The second-order valence-electron chi connectivity index (χ2n) is 7.45. The Kier molecular flexibility index (Phi) is 5.93. The van der Waals surface area contributed by atoms with E-state index in [1.165, 1.54) is 11.3 Å². The molecule has 0 N–H and O–H groups in total. The lowest BCUT2D eigenvalue weighted by Gasteiger charge is -2.18. The van der Waals surface area contributed by atoms with Crippen LogP contribution in [0, 0.1) is 6.92 Å². The first-order valence-corrected chi connectivity index (χ1v) is 12.2. The summed E-state index contributed by atoms with van der Waals surface area (Å²) in [7, 11) is 0. The van der Waals surface area contributed by atoms with E-state index in [0.717, 1.165) is 32.9 Å². The number of aromatic nitrogens is 3. The third-order valence-electron chi connectivity index (χ3n) is 4.97. The number of amides is 1. The molecule has 1 amide bonds. The van der Waals surface area contributed by atoms with Gasteiger partial charge in [0.1, 0.15) is 5.03 Å². The first-order valence-electron chi connectivity index (χ1n) is 10.3. The van der Waals surface area contributed by atoms with Gasteiger partial charge in [0.2, 0.25) is 5.91 Å². The molecule has 3 heterocycles. The van der Waals surface area contributed by atoms with Gasteiger partial charge in [-0.25, -0.2) is 15.0 Å². The summed E-state index contributed by atoms with van der Waals surface area (Å²) in [4.78, 5) is 28.2. The molecule has 0 aliphatic heterocycles. The third-order valence-corrected chi connectivity index (χ3v) is 6.87. The molecule has 2 aromatic carbocycles. The molecule has 0 spiro atoms. The van der Waals surface area contributed by atoms with Gasteiger partial charge in [0, 0.05) is 23.4 Å². The first-order chi connectivity index (χ1) is 16.1. The number of para-hydroxylation sites is 1. The van der Waals surface area contributed by atoms with Crippen LogP contribution in [0.3, 0.4) is 0 Å². The number of hydrogen-bond donors (Lipinski definition) is 0. The molecule has 0 saturated carbocycles. The van der Waals surface area contributed by atoms with E-state index < -0.39 is 0 Å². The van der Waals surface area contributed by atoms with Crippen molar-refractivity contribution in [1.82, 2.24) is 15.0 Å². The minimum atomic E-state index is -0.0703. The van der Waals surface area contributed by atoms with Gasteiger partial charge < -0.3 is 4.42 Å². The van der Waals surface area contributed by atoms with Gasteiger partial charge in [0.05, 0.1) is 23.2 Å². The SMILES string of the molecule is CC(=O)N(c1cccc(C)c1)c1nc(CSc2nc(-c3ccco3)nc3ccccc23)cs1. The van der Waals surface area contributed by atoms with Gasteiger partial charge in [0.15, 0.2) is 16.7 Å². The van der Waals surface area contributed by atoms with Crippen LogP contribution in [-0.2, 0) is 10.5 Å². The number of rotatable bonds is 6. The average molecular weight is 473 g/mol. The Labute approximate surface area is 199 Å². The lowest BCUT2D eigenvalue weighted by molar-refractivity contribution is -0.115. The van der Waals surface area contributed by atoms with Gasteiger partial charge in [-0.15, -0.1) is 11.3 Å². The topological polar surface area (TPSA) is 72.1 Å². The zero-order chi connectivity index (χ0) is 22.8. The fourth-order valence-electron chi connectivity index (χ4n) is 3.48. The van der Waals surface area contributed by atoms with E-state index in [9.17, 15) is 4.79 Å². The van der Waals surface area contributed by atoms with Gasteiger partial charge in [-0.2, -0.15) is 0 Å². The molecule has 0 bridgehead atoms. The number of benzene rings is 2. The number of thiazole rings is 1. The van der Waals surface area contributed by atoms with Crippen LogP contribution in [0.1, 0.15) is 18.2 Å². The number of carbonyl (C=O) groups excluding carboxylic acids is 1. The van der Waals surface area contributed by atoms with E-state index in [1.807, 2.05) is 73.0 Å². The van der Waals surface area contributed by atoms with Crippen molar-refractivity contribution in [2.24, 2.45) is 0 Å². The van der Waals surface area contributed by atoms with E-state index >= 15 is 0 Å². The molecule has 0 unspecified atom stereocenters. The Balaban J connectivity index is 1.42. The van der Waals surface area contributed by atoms with Gasteiger partial charge >= 0.3 is 0 Å². The molecule has 164 valence electrons. The maximum atomic E-state index is 12.4. The molecule has 6 nitrogen and oxygen atoms in total. The molecule has 0 aliphatic rings. The summed E-state index contributed by atoms with van der Waals surface area (Å²) in [6, 6.07) is 19.5. The predicted octanol–water partition coefficient (Wildman–Crippen LogP) is 6.63. The third kappa shape index (κ3) is 4.53. The molecular weight excluding hydrogens is 452 g/mol. The molecule has 0 aliphatic carbocycles. The summed E-state index contributed by atoms with van der Waals surface area (Å²) in [6.45, 7) is 3.57. The highest BCUT2D eigenvalue weighted by Gasteiger charge is 2.19. The Morgan fingerprint density at radius 1 is 1.06 bits per heavy atom. The highest BCUT2D eigenvalue weighted by molar-refractivity contribution is 7.98. The van der Waals surface area contributed by atoms with Gasteiger partial charge in [-0.05, 0) is 42.8 Å². The number of anilines is 2. The molecule has 0 saturated heterocycles. The maximum absolute atomic E-state index is 12.4. The zero-order valence-electron chi connectivity index (χ0n) is 18.1. The smallest absolute Gasteiger partial charge is 0.230 e. The van der Waals surface area contributed by atoms with Crippen LogP contribution in [0.25, 0.3) is 22.5 Å². The van der Waals surface area contributed by atoms with Crippen molar-refractivity contribution in [2.45, 2.75) is 24.6 Å². The van der Waals surface area contributed by atoms with Gasteiger partial charge in [-0.3, -0.25) is 9.69 Å². The quantitative estimate of drug-likeness (QED) is 0.204. The normalized spacial score (nSPS) is 11.1. The summed E-state index contributed by atoms with van der Waals surface area (Å²) in [5, 5.41) is 4.50. The second kappa shape index (κ2) is 9.17. The lowest BCUT2D eigenvalue weighted by Crippen LogP contribution is -2.22. The minimum absolute atomic E-state index is 0.0703. The van der Waals surface area contributed by atoms with E-state index in [4.69, 9.17) is 14.4 Å². The molecule has 0 radical (unpaired) electrons. The number of carbonyl (C=O) groups is 1. The summed E-state index contributed by atoms with van der Waals surface area (Å²) >= 11 is 3.05. The Morgan fingerprint density at radius 3 is 2.73 bits per heavy atom. The highest BCUT2D eigenvalue weighted by atomic mass is 32.2. The van der Waals surface area contributed by atoms with E-state index in [-0.39, 0.29) is 5.91 Å². The van der Waals surface area contributed by atoms with Crippen molar-refractivity contribution >= 4 is 50.7 Å². The Hall–Kier alpha value is -3.49. The van der Waals surface area contributed by atoms with Gasteiger partial charge in [-0.1, -0.05) is 42.1 Å². The molecule has 0 fully saturated rings. The first kappa shape index (κ1) is 21.4. The van der Waals surface area contributed by atoms with Crippen molar-refractivity contribution < 1.29 is 9.21 Å². The van der Waals surface area contributed by atoms with E-state index in [2.05, 4.69) is 4.98 Å². The second-order valence-corrected chi connectivity index (χ2v) is 9.25. The van der Waals surface area contributed by atoms with Crippen LogP contribution in [0.5, 0.6) is 0 Å². The molecule has 3 aromatic heterocycles. The standard InChI is InChI=1S/C25H20N4O2S2/c1-16-7-5-8-19(13-16)29(17(2)30)25-26-18(15-33-25)14-32-24-20-9-3-4-10-21(20)27-23(28-24)22-11-6-12-31-22/h3-13,15H,14H2,1-2H3. The average Bonchev–Trinajstić information content (AvgIpc) is 3.50. The molecular formula is C25H20N4O2S2. The number of fused-ring (bicyclic) bond motifs is 1. The summed E-state index contributed by atoms with van der Waals surface area (Å²) < 4.78 is 5.51. The van der Waals surface area contributed by atoms with Crippen LogP contribution in [0.2, 0.25) is 0 Å². The van der Waals surface area contributed by atoms with E-state index in [1.54, 1.807) is 29.8 Å². The Morgan fingerprint density at radius 2 is 1.94 bits per heavy atom. The molecule has 0 atom stereocenters. The largest absolute Gasteiger partial charge is 0.461 e. The number of furan rings is 1. The maximum Gasteiger partial charge on any atom is 0.230 e. The summed E-state index contributed by atoms with van der Waals surface area (Å²) in [5.74, 6) is 1.74. The van der Waals surface area contributed by atoms with Crippen LogP contribution in [-0.4, -0.2) is 20.9 Å². The molecule has 33 heavy (non-hydrogen) atoms. The van der Waals surface area contributed by atoms with Crippen LogP contribution in [0.4, 0.5) is 10.8 Å². The zero-order valence-corrected chi connectivity index (χ0v) is 19.7. The lowest BCUT2D eigenvalue weighted by atomic mass is 10.2.